The first-order valence-electron chi connectivity index (χ1n) is 3.47. The first-order chi connectivity index (χ1) is 7.03. The van der Waals surface area contributed by atoms with E-state index in [0.29, 0.717) is 0 Å². The Morgan fingerprint density at radius 3 is 1.25 bits per heavy atom. The van der Waals surface area contributed by atoms with Gasteiger partial charge in [0.05, 0.1) is 0 Å². The van der Waals surface area contributed by atoms with Gasteiger partial charge in [0.1, 0.15) is 9.79 Å². The second-order valence-electron chi connectivity index (χ2n) is 2.66. The largest absolute Gasteiger partial charge is 0.295 e. The van der Waals surface area contributed by atoms with Crippen LogP contribution in [0.25, 0.3) is 0 Å². The van der Waals surface area contributed by atoms with Gasteiger partial charge in [-0.15, -0.1) is 0 Å². The van der Waals surface area contributed by atoms with Gasteiger partial charge < -0.3 is 0 Å². The summed E-state index contributed by atoms with van der Waals surface area (Å²) in [5.74, 6) is 0. The van der Waals surface area contributed by atoms with Crippen LogP contribution in [0.1, 0.15) is 0 Å². The molecule has 0 aromatic heterocycles. The fourth-order valence-electron chi connectivity index (χ4n) is 0.906. The maximum Gasteiger partial charge on any atom is 0.295 e. The molecule has 0 radical (unpaired) electrons. The first kappa shape index (κ1) is 14.6. The lowest BCUT2D eigenvalue weighted by atomic mass is 10.4. The van der Waals surface area contributed by atoms with E-state index in [0.717, 1.165) is 12.1 Å². The minimum Gasteiger partial charge on any atom is -0.282 e. The van der Waals surface area contributed by atoms with E-state index in [1.165, 1.54) is 0 Å². The van der Waals surface area contributed by atoms with Gasteiger partial charge in [0.25, 0.3) is 20.2 Å². The van der Waals surface area contributed by atoms with Gasteiger partial charge in [0.15, 0.2) is 0 Å². The summed E-state index contributed by atoms with van der Waals surface area (Å²) in [6, 6.07) is 1.95. The molecule has 1 aromatic carbocycles. The predicted octanol–water partition coefficient (Wildman–Crippen LogP) is 1.39. The summed E-state index contributed by atoms with van der Waals surface area (Å²) in [4.78, 5) is -0.796. The van der Waals surface area contributed by atoms with Gasteiger partial charge in [-0.3, -0.25) is 9.11 Å². The van der Waals surface area contributed by atoms with Crippen LogP contribution in [0.4, 0.5) is 0 Å². The van der Waals surface area contributed by atoms with Gasteiger partial charge in [-0.05, 0) is 57.3 Å². The Morgan fingerprint density at radius 1 is 0.812 bits per heavy atom. The van der Waals surface area contributed by atoms with Gasteiger partial charge in [0, 0.05) is 7.14 Å². The lowest BCUT2D eigenvalue weighted by Crippen LogP contribution is -2.06. The van der Waals surface area contributed by atoms with E-state index in [2.05, 4.69) is 0 Å². The summed E-state index contributed by atoms with van der Waals surface area (Å²) in [7, 11) is -8.81. The Kier molecular flexibility index (Phi) is 4.22. The number of halogens is 2. The summed E-state index contributed by atoms with van der Waals surface area (Å²) in [5.41, 5.74) is 0. The summed E-state index contributed by atoms with van der Waals surface area (Å²) in [6.45, 7) is 0. The van der Waals surface area contributed by atoms with Crippen LogP contribution < -0.4 is 0 Å². The van der Waals surface area contributed by atoms with Crippen molar-refractivity contribution in [2.45, 2.75) is 9.79 Å². The Hall–Kier alpha value is 0.500. The number of rotatable bonds is 2. The van der Waals surface area contributed by atoms with Gasteiger partial charge >= 0.3 is 0 Å². The van der Waals surface area contributed by atoms with Crippen molar-refractivity contribution >= 4 is 65.4 Å². The summed E-state index contributed by atoms with van der Waals surface area (Å²) >= 11 is 3.10. The lowest BCUT2D eigenvalue weighted by Gasteiger charge is -2.05. The molecule has 0 aliphatic carbocycles. The predicted molar refractivity (Wildman–Crippen MR) is 71.5 cm³/mol. The van der Waals surface area contributed by atoms with Crippen LogP contribution in [-0.2, 0) is 20.2 Å². The molecule has 0 spiro atoms. The molecule has 0 unspecified atom stereocenters. The second kappa shape index (κ2) is 4.64. The molecule has 0 saturated heterocycles. The normalized spacial score (nSPS) is 12.8. The molecule has 0 atom stereocenters. The Bertz CT molecular complexity index is 575. The van der Waals surface area contributed by atoms with Crippen LogP contribution in [0.2, 0.25) is 0 Å². The molecular weight excluding hydrogens is 486 g/mol. The van der Waals surface area contributed by atoms with Crippen molar-refractivity contribution in [2.24, 2.45) is 0 Å². The number of hydrogen-bond donors (Lipinski definition) is 2. The maximum absolute atomic E-state index is 10.9. The average Bonchev–Trinajstić information content (AvgIpc) is 2.04. The molecule has 10 heteroatoms. The minimum absolute atomic E-state index is 0.00754. The third-order valence-corrected chi connectivity index (χ3v) is 5.85. The van der Waals surface area contributed by atoms with Crippen LogP contribution in [0.15, 0.2) is 21.9 Å². The van der Waals surface area contributed by atoms with Crippen molar-refractivity contribution in [1.82, 2.24) is 0 Å². The van der Waals surface area contributed by atoms with Crippen molar-refractivity contribution in [3.63, 3.8) is 0 Å². The van der Waals surface area contributed by atoms with Crippen molar-refractivity contribution in [3.8, 4) is 0 Å². The smallest absolute Gasteiger partial charge is 0.282 e. The Labute approximate surface area is 119 Å². The highest BCUT2D eigenvalue weighted by atomic mass is 127. The second-order valence-corrected chi connectivity index (χ2v) is 7.77. The average molecular weight is 490 g/mol. The van der Waals surface area contributed by atoms with E-state index in [4.69, 9.17) is 9.11 Å². The molecule has 0 bridgehead atoms. The molecule has 2 N–H and O–H groups in total. The van der Waals surface area contributed by atoms with Crippen molar-refractivity contribution < 1.29 is 25.9 Å². The molecule has 16 heavy (non-hydrogen) atoms. The molecule has 0 saturated carbocycles. The van der Waals surface area contributed by atoms with Crippen LogP contribution in [0.5, 0.6) is 0 Å². The van der Waals surface area contributed by atoms with Crippen molar-refractivity contribution in [1.29, 1.82) is 0 Å². The highest BCUT2D eigenvalue weighted by molar-refractivity contribution is 14.1. The number of benzene rings is 1. The monoisotopic (exact) mass is 490 g/mol. The van der Waals surface area contributed by atoms with Gasteiger partial charge in [-0.25, -0.2) is 0 Å². The molecule has 0 heterocycles. The zero-order chi connectivity index (χ0) is 12.7. The Balaban J connectivity index is 3.65. The summed E-state index contributed by atoms with van der Waals surface area (Å²) in [6.07, 6.45) is 0. The highest BCUT2D eigenvalue weighted by Crippen LogP contribution is 2.26. The van der Waals surface area contributed by atoms with E-state index in [1.54, 1.807) is 45.2 Å². The quantitative estimate of drug-likeness (QED) is 0.480. The fraction of sp³-hybridized carbons (Fsp3) is 0. The van der Waals surface area contributed by atoms with Gasteiger partial charge in [0.2, 0.25) is 0 Å². The molecule has 0 aliphatic heterocycles. The SMILES string of the molecule is O=S(=O)(O)c1cc(I)c(S(=O)(=O)O)cc1I. The summed E-state index contributed by atoms with van der Waals surface area (Å²) < 4.78 is 61.3. The maximum atomic E-state index is 10.9. The molecule has 90 valence electrons. The Morgan fingerprint density at radius 2 is 1.06 bits per heavy atom. The van der Waals surface area contributed by atoms with Crippen molar-refractivity contribution in [2.75, 3.05) is 0 Å². The van der Waals surface area contributed by atoms with E-state index in [-0.39, 0.29) is 7.14 Å². The van der Waals surface area contributed by atoms with E-state index < -0.39 is 30.0 Å². The standard InChI is InChI=1S/C6H4I2O6S2/c7-3-1-5(15(9,10)11)4(8)2-6(3)16(12,13)14/h1-2H,(H,9,10,11)(H,12,13,14). The van der Waals surface area contributed by atoms with Crippen LogP contribution in [0.3, 0.4) is 0 Å². The summed E-state index contributed by atoms with van der Waals surface area (Å²) in [5, 5.41) is 0. The molecule has 6 nitrogen and oxygen atoms in total. The van der Waals surface area contributed by atoms with Crippen LogP contribution >= 0.6 is 45.2 Å². The zero-order valence-electron chi connectivity index (χ0n) is 7.25. The molecular formula is C6H4I2O6S2. The third kappa shape index (κ3) is 3.25. The first-order valence-corrected chi connectivity index (χ1v) is 8.51. The van der Waals surface area contributed by atoms with Gasteiger partial charge in [-0.2, -0.15) is 16.8 Å². The third-order valence-electron chi connectivity index (χ3n) is 1.54. The van der Waals surface area contributed by atoms with E-state index >= 15 is 0 Å². The topological polar surface area (TPSA) is 109 Å². The van der Waals surface area contributed by atoms with E-state index in [9.17, 15) is 16.8 Å². The number of hydrogen-bond acceptors (Lipinski definition) is 4. The van der Waals surface area contributed by atoms with E-state index in [1.807, 2.05) is 0 Å². The highest BCUT2D eigenvalue weighted by Gasteiger charge is 2.21. The minimum atomic E-state index is -4.41. The van der Waals surface area contributed by atoms with Crippen LogP contribution in [-0.4, -0.2) is 25.9 Å². The molecule has 1 rings (SSSR count). The lowest BCUT2D eigenvalue weighted by molar-refractivity contribution is 0.477. The molecule has 1 aromatic rings. The van der Waals surface area contributed by atoms with Crippen LogP contribution in [0, 0.1) is 7.14 Å². The molecule has 0 aliphatic rings. The van der Waals surface area contributed by atoms with Gasteiger partial charge in [-0.1, -0.05) is 0 Å². The molecule has 0 fully saturated rings. The zero-order valence-corrected chi connectivity index (χ0v) is 13.2. The molecule has 0 amide bonds. The fourth-order valence-corrected chi connectivity index (χ4v) is 5.08. The van der Waals surface area contributed by atoms with Crippen molar-refractivity contribution in [3.05, 3.63) is 19.3 Å².